The first-order valence-electron chi connectivity index (χ1n) is 7.15. The van der Waals surface area contributed by atoms with Crippen molar-refractivity contribution in [2.45, 2.75) is 46.8 Å². The molecule has 0 bridgehead atoms. The van der Waals surface area contributed by atoms with Gasteiger partial charge in [0.2, 0.25) is 0 Å². The first-order chi connectivity index (χ1) is 13.8. The van der Waals surface area contributed by atoms with Crippen LogP contribution < -0.4 is 0 Å². The number of alkyl halides is 15. The van der Waals surface area contributed by atoms with Gasteiger partial charge in [0.1, 0.15) is 0 Å². The van der Waals surface area contributed by atoms with Crippen LogP contribution in [0.25, 0.3) is 0 Å². The predicted octanol–water partition coefficient (Wildman–Crippen LogP) is 5.08. The number of halogens is 15. The second-order valence-corrected chi connectivity index (χ2v) is 7.28. The average molecular weight is 550 g/mol. The van der Waals surface area contributed by atoms with E-state index in [2.05, 4.69) is 4.18 Å². The molecule has 0 aromatic heterocycles. The van der Waals surface area contributed by atoms with E-state index >= 15 is 0 Å². The minimum absolute atomic E-state index is 0. The summed E-state index contributed by atoms with van der Waals surface area (Å²) >= 11 is 0. The van der Waals surface area contributed by atoms with Crippen molar-refractivity contribution in [2.24, 2.45) is 0 Å². The van der Waals surface area contributed by atoms with E-state index in [-0.39, 0.29) is 29.6 Å². The van der Waals surface area contributed by atoms with Crippen molar-refractivity contribution in [2.75, 3.05) is 0 Å². The topological polar surface area (TPSA) is 43.4 Å². The van der Waals surface area contributed by atoms with Gasteiger partial charge in [0, 0.05) is 0 Å². The number of hydrogen-bond acceptors (Lipinski definition) is 3. The summed E-state index contributed by atoms with van der Waals surface area (Å²) in [6, 6.07) is 3.12. The quantitative estimate of drug-likeness (QED) is 0.258. The van der Waals surface area contributed by atoms with Crippen molar-refractivity contribution >= 4 is 39.7 Å². The molecule has 1 rings (SSSR count). The molecule has 0 saturated carbocycles. The first kappa shape index (κ1) is 32.1. The molecule has 33 heavy (non-hydrogen) atoms. The maximum atomic E-state index is 13.5. The number of benzene rings is 1. The third-order valence-electron chi connectivity index (χ3n) is 3.55. The molecule has 1 aromatic rings. The molecule has 0 heterocycles. The van der Waals surface area contributed by atoms with E-state index < -0.39 is 56.9 Å². The zero-order chi connectivity index (χ0) is 25.8. The predicted molar refractivity (Wildman–Crippen MR) is 77.6 cm³/mol. The molecule has 0 unspecified atom stereocenters. The Balaban J connectivity index is 0.0000102. The Labute approximate surface area is 195 Å². The minimum atomic E-state index is -8.54. The van der Waals surface area contributed by atoms with Gasteiger partial charge in [-0.3, -0.25) is 0 Å². The van der Waals surface area contributed by atoms with Crippen LogP contribution in [0.15, 0.2) is 35.2 Å². The summed E-state index contributed by atoms with van der Waals surface area (Å²) in [6.07, 6.45) is -15.1. The van der Waals surface area contributed by atoms with E-state index in [0.717, 1.165) is 18.2 Å². The molecule has 0 N–H and O–H groups in total. The molecule has 20 heteroatoms. The van der Waals surface area contributed by atoms with Gasteiger partial charge in [0.15, 0.2) is 0 Å². The van der Waals surface area contributed by atoms with Gasteiger partial charge in [0.25, 0.3) is 0 Å². The SMILES string of the molecule is O=S(=O)(OC(F)(F)C(F)(F)C(F)(F)C(F)(F)C(F)(F)C(F)(F)C(F)(F)F)c1ccccc1.[NaH]. The first-order valence-corrected chi connectivity index (χ1v) is 8.56. The van der Waals surface area contributed by atoms with E-state index in [1.165, 1.54) is 0 Å². The van der Waals surface area contributed by atoms with E-state index in [1.807, 2.05) is 0 Å². The summed E-state index contributed by atoms with van der Waals surface area (Å²) in [5.41, 5.74) is 0. The van der Waals surface area contributed by atoms with Crippen molar-refractivity contribution in [1.82, 2.24) is 0 Å². The van der Waals surface area contributed by atoms with E-state index in [9.17, 15) is 74.3 Å². The van der Waals surface area contributed by atoms with Gasteiger partial charge >= 0.3 is 81.6 Å². The normalized spacial score (nSPS) is 15.2. The summed E-state index contributed by atoms with van der Waals surface area (Å²) in [7, 11) is -6.22. The summed E-state index contributed by atoms with van der Waals surface area (Å²) in [6.45, 7) is 0. The molecule has 0 amide bonds. The second-order valence-electron chi connectivity index (χ2n) is 5.74. The molecule has 0 aliphatic rings. The van der Waals surface area contributed by atoms with Crippen LogP contribution in [0.5, 0.6) is 0 Å². The van der Waals surface area contributed by atoms with Gasteiger partial charge in [-0.15, -0.1) is 0 Å². The monoisotopic (exact) mass is 550 g/mol. The van der Waals surface area contributed by atoms with Gasteiger partial charge in [-0.05, 0) is 12.1 Å². The van der Waals surface area contributed by atoms with Crippen LogP contribution in [0.3, 0.4) is 0 Å². The molecule has 1 aromatic carbocycles. The molecule has 188 valence electrons. The van der Waals surface area contributed by atoms with Crippen LogP contribution >= 0.6 is 0 Å². The summed E-state index contributed by atoms with van der Waals surface area (Å²) in [4.78, 5) is -1.47. The number of hydrogen-bond donors (Lipinski definition) is 0. The van der Waals surface area contributed by atoms with Gasteiger partial charge in [-0.1, -0.05) is 18.2 Å². The molecule has 0 aliphatic carbocycles. The van der Waals surface area contributed by atoms with E-state index in [4.69, 9.17) is 0 Å². The van der Waals surface area contributed by atoms with Crippen molar-refractivity contribution in [1.29, 1.82) is 0 Å². The molecule has 0 aliphatic heterocycles. The number of rotatable bonds is 8. The van der Waals surface area contributed by atoms with Gasteiger partial charge < -0.3 is 0 Å². The molecular formula is C13H6F15NaO3S. The third-order valence-corrected chi connectivity index (χ3v) is 4.82. The average Bonchev–Trinajstić information content (AvgIpc) is 2.59. The van der Waals surface area contributed by atoms with Crippen LogP contribution in [-0.2, 0) is 14.3 Å². The molecule has 3 nitrogen and oxygen atoms in total. The Hall–Kier alpha value is -0.920. The summed E-state index contributed by atoms with van der Waals surface area (Å²) in [5, 5.41) is 0. The maximum absolute atomic E-state index is 13.5. The third kappa shape index (κ3) is 4.92. The van der Waals surface area contributed by atoms with Crippen LogP contribution in [-0.4, -0.2) is 79.9 Å². The molecule has 0 saturated heterocycles. The molecule has 0 fully saturated rings. The zero-order valence-electron chi connectivity index (χ0n) is 14.2. The zero-order valence-corrected chi connectivity index (χ0v) is 15.0. The summed E-state index contributed by atoms with van der Waals surface area (Å²) < 4.78 is 220. The van der Waals surface area contributed by atoms with Crippen molar-refractivity contribution in [3.8, 4) is 0 Å². The van der Waals surface area contributed by atoms with Gasteiger partial charge in [0.05, 0.1) is 4.90 Å². The standard InChI is InChI=1S/C13H5F15O3S.Na.H/c14-7(15,8(16,17)10(20,21)12(24,25)26)9(18,19)11(22,23)13(27,28)31-32(29,30)6-4-2-1-3-5-6;;/h1-5H;;. The Kier molecular flexibility index (Phi) is 8.69. The van der Waals surface area contributed by atoms with Crippen LogP contribution in [0.2, 0.25) is 0 Å². The Morgan fingerprint density at radius 2 is 0.879 bits per heavy atom. The fraction of sp³-hybridized carbons (Fsp3) is 0.538. The Bertz CT molecular complexity index is 928. The molecule has 0 atom stereocenters. The van der Waals surface area contributed by atoms with Crippen molar-refractivity contribution in [3.63, 3.8) is 0 Å². The van der Waals surface area contributed by atoms with Gasteiger partial charge in [-0.2, -0.15) is 78.5 Å². The fourth-order valence-electron chi connectivity index (χ4n) is 1.78. The molecule has 0 radical (unpaired) electrons. The van der Waals surface area contributed by atoms with Crippen LogP contribution in [0, 0.1) is 0 Å². The second kappa shape index (κ2) is 8.94. The van der Waals surface area contributed by atoms with Crippen molar-refractivity contribution in [3.05, 3.63) is 30.3 Å². The molecule has 0 spiro atoms. The molecular weight excluding hydrogens is 544 g/mol. The van der Waals surface area contributed by atoms with E-state index in [1.54, 1.807) is 0 Å². The van der Waals surface area contributed by atoms with Gasteiger partial charge in [-0.25, -0.2) is 0 Å². The Morgan fingerprint density at radius 1 is 0.545 bits per heavy atom. The Morgan fingerprint density at radius 3 is 1.24 bits per heavy atom. The van der Waals surface area contributed by atoms with Crippen LogP contribution in [0.4, 0.5) is 65.9 Å². The fourth-order valence-corrected chi connectivity index (χ4v) is 2.74. The van der Waals surface area contributed by atoms with Crippen molar-refractivity contribution < 1.29 is 78.5 Å². The van der Waals surface area contributed by atoms with E-state index in [0.29, 0.717) is 12.1 Å². The summed E-state index contributed by atoms with van der Waals surface area (Å²) in [5.74, 6) is -41.6. The van der Waals surface area contributed by atoms with Crippen LogP contribution in [0.1, 0.15) is 0 Å².